The minimum Gasteiger partial charge on any atom is -0.391 e. The molecule has 0 aliphatic rings. The summed E-state index contributed by atoms with van der Waals surface area (Å²) in [6, 6.07) is 21.7. The molecule has 2 aromatic rings. The van der Waals surface area contributed by atoms with Crippen LogP contribution in [0.5, 0.6) is 0 Å². The second-order valence-corrected chi connectivity index (χ2v) is 14.5. The molecule has 174 valence electrons. The maximum Gasteiger partial charge on any atom is 0.116 e. The molecule has 0 amide bonds. The topological polar surface area (TPSA) is 20.2 Å². The highest BCUT2D eigenvalue weighted by Crippen LogP contribution is 2.22. The van der Waals surface area contributed by atoms with Crippen LogP contribution >= 0.6 is 15.9 Å². The molecule has 32 heavy (non-hydrogen) atoms. The van der Waals surface area contributed by atoms with Crippen molar-refractivity contribution < 1.29 is 5.11 Å². The lowest BCUT2D eigenvalue weighted by Gasteiger charge is -2.26. The number of aliphatic hydroxyl groups excluding tert-OH is 1. The summed E-state index contributed by atoms with van der Waals surface area (Å²) in [6.45, 7) is 4.98. The van der Waals surface area contributed by atoms with E-state index in [0.29, 0.717) is 0 Å². The summed E-state index contributed by atoms with van der Waals surface area (Å²) in [6.07, 6.45) is 12.0. The molecule has 0 saturated heterocycles. The molecule has 2 aromatic carbocycles. The summed E-state index contributed by atoms with van der Waals surface area (Å²) in [7, 11) is -1.85. The van der Waals surface area contributed by atoms with E-state index in [0.717, 1.165) is 36.6 Å². The fourth-order valence-corrected chi connectivity index (χ4v) is 7.20. The second-order valence-electron chi connectivity index (χ2n) is 9.26. The van der Waals surface area contributed by atoms with Crippen molar-refractivity contribution in [2.24, 2.45) is 0 Å². The van der Waals surface area contributed by atoms with E-state index >= 15 is 0 Å². The van der Waals surface area contributed by atoms with Crippen molar-refractivity contribution in [3.8, 4) is 0 Å². The normalized spacial score (nSPS) is 11.2. The van der Waals surface area contributed by atoms with Crippen molar-refractivity contribution in [2.75, 3.05) is 11.9 Å². The lowest BCUT2D eigenvalue weighted by Crippen LogP contribution is -2.43. The Hall–Kier alpha value is -1.38. The number of alkyl halides is 1. The SMILES string of the molecule is C[Si](C)(C(=C=C(CO)CCCCCCCCCBr)CCc1ccccc1)c1ccccc1. The lowest BCUT2D eigenvalue weighted by molar-refractivity contribution is 0.325. The smallest absolute Gasteiger partial charge is 0.116 e. The van der Waals surface area contributed by atoms with E-state index in [9.17, 15) is 5.11 Å². The fraction of sp³-hybridized carbons (Fsp3) is 0.483. The standard InChI is InChI=1S/C29H41BrOSi/c1-32(2,28-19-13-9-14-20-28)29(22-21-26-16-11-8-12-17-26)24-27(25-31)18-10-6-4-3-5-7-15-23-30/h8-9,11-14,16-17,19-20,31H,3-7,10,15,18,21-23,25H2,1-2H3. The van der Waals surface area contributed by atoms with Crippen molar-refractivity contribution in [1.82, 2.24) is 0 Å². The van der Waals surface area contributed by atoms with Crippen LogP contribution in [0, 0.1) is 0 Å². The minimum atomic E-state index is -1.85. The number of rotatable bonds is 15. The van der Waals surface area contributed by atoms with Crippen molar-refractivity contribution >= 4 is 29.2 Å². The van der Waals surface area contributed by atoms with E-state index in [1.165, 1.54) is 54.5 Å². The third-order valence-corrected chi connectivity index (χ3v) is 10.6. The van der Waals surface area contributed by atoms with Gasteiger partial charge < -0.3 is 5.11 Å². The molecule has 0 saturated carbocycles. The first kappa shape index (κ1) is 26.9. The number of hydrogen-bond acceptors (Lipinski definition) is 1. The minimum absolute atomic E-state index is 0.124. The van der Waals surface area contributed by atoms with Crippen molar-refractivity contribution in [2.45, 2.75) is 77.3 Å². The number of aryl methyl sites for hydroxylation is 1. The van der Waals surface area contributed by atoms with Gasteiger partial charge in [0.1, 0.15) is 8.07 Å². The molecule has 0 heterocycles. The third-order valence-electron chi connectivity index (χ3n) is 6.39. The summed E-state index contributed by atoms with van der Waals surface area (Å²) in [5.74, 6) is 0. The van der Waals surface area contributed by atoms with Gasteiger partial charge in [0.15, 0.2) is 0 Å². The van der Waals surface area contributed by atoms with E-state index < -0.39 is 8.07 Å². The molecule has 0 unspecified atom stereocenters. The molecule has 0 aliphatic heterocycles. The van der Waals surface area contributed by atoms with Crippen LogP contribution in [0.4, 0.5) is 0 Å². The summed E-state index contributed by atoms with van der Waals surface area (Å²) in [5.41, 5.74) is 6.23. The van der Waals surface area contributed by atoms with Gasteiger partial charge in [-0.15, -0.1) is 5.73 Å². The quantitative estimate of drug-likeness (QED) is 0.112. The molecule has 2 rings (SSSR count). The Bertz CT molecular complexity index is 823. The van der Waals surface area contributed by atoms with Gasteiger partial charge in [0.05, 0.1) is 6.61 Å². The molecule has 3 heteroatoms. The molecular formula is C29H41BrOSi. The molecule has 0 bridgehead atoms. The van der Waals surface area contributed by atoms with Crippen molar-refractivity contribution in [3.63, 3.8) is 0 Å². The van der Waals surface area contributed by atoms with Crippen molar-refractivity contribution in [1.29, 1.82) is 0 Å². The molecule has 1 N–H and O–H groups in total. The average Bonchev–Trinajstić information content (AvgIpc) is 2.83. The molecule has 0 radical (unpaired) electrons. The zero-order chi connectivity index (χ0) is 23.1. The maximum absolute atomic E-state index is 10.1. The predicted molar refractivity (Wildman–Crippen MR) is 147 cm³/mol. The van der Waals surface area contributed by atoms with Gasteiger partial charge in [0, 0.05) is 5.33 Å². The van der Waals surface area contributed by atoms with Crippen LogP contribution in [0.3, 0.4) is 0 Å². The van der Waals surface area contributed by atoms with Crippen LogP contribution in [0.25, 0.3) is 0 Å². The molecule has 1 nitrogen and oxygen atoms in total. The summed E-state index contributed by atoms with van der Waals surface area (Å²) < 4.78 is 0. The van der Waals surface area contributed by atoms with Gasteiger partial charge in [0.2, 0.25) is 0 Å². The molecule has 0 atom stereocenters. The Labute approximate surface area is 205 Å². The number of benzene rings is 2. The second kappa shape index (κ2) is 15.5. The Balaban J connectivity index is 2.11. The third kappa shape index (κ3) is 9.63. The van der Waals surface area contributed by atoms with Crippen LogP contribution in [-0.4, -0.2) is 25.1 Å². The first-order valence-electron chi connectivity index (χ1n) is 12.3. The van der Waals surface area contributed by atoms with Crippen LogP contribution in [-0.2, 0) is 6.42 Å². The molecule has 0 aliphatic carbocycles. The molecular weight excluding hydrogens is 472 g/mol. The number of hydrogen-bond donors (Lipinski definition) is 1. The number of unbranched alkanes of at least 4 members (excludes halogenated alkanes) is 6. The number of aliphatic hydroxyl groups is 1. The van der Waals surface area contributed by atoms with E-state index in [4.69, 9.17) is 0 Å². The monoisotopic (exact) mass is 512 g/mol. The zero-order valence-corrected chi connectivity index (χ0v) is 22.7. The van der Waals surface area contributed by atoms with Crippen LogP contribution in [0.15, 0.2) is 77.2 Å². The van der Waals surface area contributed by atoms with Gasteiger partial charge in [-0.2, -0.15) is 0 Å². The first-order valence-corrected chi connectivity index (χ1v) is 16.4. The zero-order valence-electron chi connectivity index (χ0n) is 20.1. The summed E-state index contributed by atoms with van der Waals surface area (Å²) in [5, 5.41) is 14.1. The van der Waals surface area contributed by atoms with Gasteiger partial charge in [0.25, 0.3) is 0 Å². The highest BCUT2D eigenvalue weighted by molar-refractivity contribution is 9.09. The van der Waals surface area contributed by atoms with Gasteiger partial charge in [-0.1, -0.05) is 127 Å². The van der Waals surface area contributed by atoms with E-state index in [-0.39, 0.29) is 6.61 Å². The average molecular weight is 514 g/mol. The Kier molecular flexibility index (Phi) is 13.0. The van der Waals surface area contributed by atoms with Gasteiger partial charge >= 0.3 is 0 Å². The number of halogens is 1. The Morgan fingerprint density at radius 2 is 1.34 bits per heavy atom. The molecule has 0 spiro atoms. The molecule has 0 aromatic heterocycles. The Morgan fingerprint density at radius 3 is 1.94 bits per heavy atom. The van der Waals surface area contributed by atoms with E-state index in [1.807, 2.05) is 0 Å². The highest BCUT2D eigenvalue weighted by Gasteiger charge is 2.28. The van der Waals surface area contributed by atoms with Crippen molar-refractivity contribution in [3.05, 3.63) is 82.7 Å². The largest absolute Gasteiger partial charge is 0.391 e. The molecule has 0 fully saturated rings. The fourth-order valence-electron chi connectivity index (χ4n) is 4.19. The summed E-state index contributed by atoms with van der Waals surface area (Å²) >= 11 is 3.51. The Morgan fingerprint density at radius 1 is 0.781 bits per heavy atom. The predicted octanol–water partition coefficient (Wildman–Crippen LogP) is 7.73. The first-order chi connectivity index (χ1) is 15.6. The van der Waals surface area contributed by atoms with E-state index in [2.05, 4.69) is 95.4 Å². The summed E-state index contributed by atoms with van der Waals surface area (Å²) in [4.78, 5) is 0. The van der Waals surface area contributed by atoms with Crippen LogP contribution < -0.4 is 5.19 Å². The van der Waals surface area contributed by atoms with Crippen LogP contribution in [0.2, 0.25) is 13.1 Å². The van der Waals surface area contributed by atoms with E-state index in [1.54, 1.807) is 0 Å². The maximum atomic E-state index is 10.1. The lowest BCUT2D eigenvalue weighted by atomic mass is 10.0. The highest BCUT2D eigenvalue weighted by atomic mass is 79.9. The van der Waals surface area contributed by atoms with Gasteiger partial charge in [-0.3, -0.25) is 0 Å². The van der Waals surface area contributed by atoms with Crippen LogP contribution in [0.1, 0.15) is 63.4 Å². The van der Waals surface area contributed by atoms with Gasteiger partial charge in [-0.05, 0) is 48.4 Å². The van der Waals surface area contributed by atoms with Gasteiger partial charge in [-0.25, -0.2) is 0 Å².